The lowest BCUT2D eigenvalue weighted by atomic mass is 9.91. The molecule has 1 aliphatic rings. The zero-order chi connectivity index (χ0) is 16.2. The van der Waals surface area contributed by atoms with Crippen LogP contribution >= 0.6 is 23.1 Å². The number of thioether (sulfide) groups is 1. The summed E-state index contributed by atoms with van der Waals surface area (Å²) in [4.78, 5) is 12.3. The zero-order valence-electron chi connectivity index (χ0n) is 13.2. The largest absolute Gasteiger partial charge is 0.481 e. The maximum Gasteiger partial charge on any atom is 0.266 e. The average molecular weight is 349 g/mol. The van der Waals surface area contributed by atoms with Gasteiger partial charge in [0.1, 0.15) is 5.75 Å². The molecule has 1 heterocycles. The second-order valence-corrected chi connectivity index (χ2v) is 7.46. The van der Waals surface area contributed by atoms with E-state index in [9.17, 15) is 4.79 Å². The fourth-order valence-electron chi connectivity index (χ4n) is 2.65. The van der Waals surface area contributed by atoms with E-state index in [1.165, 1.54) is 47.1 Å². The highest BCUT2D eigenvalue weighted by molar-refractivity contribution is 8.00. The predicted molar refractivity (Wildman–Crippen MR) is 93.5 cm³/mol. The van der Waals surface area contributed by atoms with E-state index in [1.807, 2.05) is 18.4 Å². The molecule has 1 N–H and O–H groups in total. The van der Waals surface area contributed by atoms with Crippen molar-refractivity contribution in [2.75, 3.05) is 11.6 Å². The lowest BCUT2D eigenvalue weighted by Gasteiger charge is -2.21. The molecule has 0 spiro atoms. The molecule has 1 aromatic heterocycles. The van der Waals surface area contributed by atoms with E-state index >= 15 is 0 Å². The van der Waals surface area contributed by atoms with E-state index in [4.69, 9.17) is 4.74 Å². The molecule has 23 heavy (non-hydrogen) atoms. The van der Waals surface area contributed by atoms with E-state index in [2.05, 4.69) is 21.6 Å². The third-order valence-electron chi connectivity index (χ3n) is 3.84. The van der Waals surface area contributed by atoms with Crippen LogP contribution < -0.4 is 10.1 Å². The van der Waals surface area contributed by atoms with Crippen LogP contribution in [-0.4, -0.2) is 28.5 Å². The minimum atomic E-state index is -0.579. The van der Waals surface area contributed by atoms with Gasteiger partial charge in [-0.1, -0.05) is 35.2 Å². The number of aryl methyl sites for hydroxylation is 1. The van der Waals surface area contributed by atoms with Crippen molar-refractivity contribution in [2.45, 2.75) is 43.1 Å². The van der Waals surface area contributed by atoms with Crippen LogP contribution in [0.3, 0.4) is 0 Å². The Kier molecular flexibility index (Phi) is 5.17. The number of anilines is 1. The Morgan fingerprint density at radius 3 is 2.96 bits per heavy atom. The van der Waals surface area contributed by atoms with Gasteiger partial charge in [0.05, 0.1) is 0 Å². The Hall–Kier alpha value is -1.60. The van der Waals surface area contributed by atoms with Crippen LogP contribution in [0, 0.1) is 0 Å². The quantitative estimate of drug-likeness (QED) is 0.661. The van der Waals surface area contributed by atoms with Crippen molar-refractivity contribution in [3.8, 4) is 5.75 Å². The van der Waals surface area contributed by atoms with E-state index in [0.29, 0.717) is 5.13 Å². The number of fused-ring (bicyclic) bond motifs is 1. The van der Waals surface area contributed by atoms with Gasteiger partial charge in [-0.25, -0.2) is 0 Å². The number of amides is 1. The Morgan fingerprint density at radius 2 is 2.17 bits per heavy atom. The van der Waals surface area contributed by atoms with Crippen molar-refractivity contribution in [1.82, 2.24) is 10.2 Å². The predicted octanol–water partition coefficient (Wildman–Crippen LogP) is 3.54. The molecule has 0 saturated heterocycles. The Balaban J connectivity index is 1.66. The van der Waals surface area contributed by atoms with Crippen LogP contribution in [0.2, 0.25) is 0 Å². The fraction of sp³-hybridized carbons (Fsp3) is 0.438. The number of hydrogen-bond donors (Lipinski definition) is 1. The summed E-state index contributed by atoms with van der Waals surface area (Å²) < 4.78 is 6.74. The molecule has 1 aromatic carbocycles. The minimum absolute atomic E-state index is 0.206. The topological polar surface area (TPSA) is 64.1 Å². The number of aromatic nitrogens is 2. The van der Waals surface area contributed by atoms with Crippen LogP contribution in [0.15, 0.2) is 22.5 Å². The van der Waals surface area contributed by atoms with E-state index in [1.54, 1.807) is 6.92 Å². The van der Waals surface area contributed by atoms with Gasteiger partial charge < -0.3 is 4.74 Å². The van der Waals surface area contributed by atoms with Crippen LogP contribution in [0.4, 0.5) is 5.13 Å². The second kappa shape index (κ2) is 7.31. The van der Waals surface area contributed by atoms with Gasteiger partial charge in [-0.15, -0.1) is 10.2 Å². The van der Waals surface area contributed by atoms with Crippen molar-refractivity contribution in [3.05, 3.63) is 29.3 Å². The van der Waals surface area contributed by atoms with Crippen LogP contribution in [0.1, 0.15) is 30.9 Å². The monoisotopic (exact) mass is 349 g/mol. The minimum Gasteiger partial charge on any atom is -0.481 e. The first-order valence-corrected chi connectivity index (χ1v) is 9.67. The highest BCUT2D eigenvalue weighted by atomic mass is 32.2. The van der Waals surface area contributed by atoms with Crippen molar-refractivity contribution in [3.63, 3.8) is 0 Å². The maximum absolute atomic E-state index is 12.3. The first-order chi connectivity index (χ1) is 11.2. The van der Waals surface area contributed by atoms with E-state index < -0.39 is 6.10 Å². The number of benzene rings is 1. The maximum atomic E-state index is 12.3. The Bertz CT molecular complexity index is 702. The second-order valence-electron chi connectivity index (χ2n) is 5.43. The number of nitrogens with zero attached hydrogens (tertiary/aromatic N) is 2. The van der Waals surface area contributed by atoms with Crippen molar-refractivity contribution in [2.24, 2.45) is 0 Å². The van der Waals surface area contributed by atoms with Gasteiger partial charge in [-0.05, 0) is 56.1 Å². The molecule has 1 atom stereocenters. The van der Waals surface area contributed by atoms with Gasteiger partial charge in [-0.3, -0.25) is 10.1 Å². The number of ether oxygens (including phenoxy) is 1. The molecule has 0 saturated carbocycles. The van der Waals surface area contributed by atoms with Crippen molar-refractivity contribution in [1.29, 1.82) is 0 Å². The SMILES string of the molecule is CSc1nnc(NC(=O)C(C)Oc2cccc3c2CCCC3)s1. The molecule has 3 rings (SSSR count). The summed E-state index contributed by atoms with van der Waals surface area (Å²) in [5.41, 5.74) is 2.59. The molecule has 0 fully saturated rings. The molecule has 7 heteroatoms. The van der Waals surface area contributed by atoms with Crippen LogP contribution in [0.5, 0.6) is 5.75 Å². The Labute approximate surface area is 143 Å². The molecule has 2 aromatic rings. The third kappa shape index (κ3) is 3.84. The lowest BCUT2D eigenvalue weighted by molar-refractivity contribution is -0.122. The molecule has 122 valence electrons. The molecular weight excluding hydrogens is 330 g/mol. The standard InChI is InChI=1S/C16H19N3O2S2/c1-10(14(20)17-15-18-19-16(22-2)23-15)21-13-9-5-7-11-6-3-4-8-12(11)13/h5,7,9-10H,3-4,6,8H2,1-2H3,(H,17,18,20). The number of carbonyl (C=O) groups excluding carboxylic acids is 1. The molecule has 5 nitrogen and oxygen atoms in total. The zero-order valence-corrected chi connectivity index (χ0v) is 14.8. The number of carbonyl (C=O) groups is 1. The van der Waals surface area contributed by atoms with Gasteiger partial charge in [0, 0.05) is 0 Å². The number of nitrogens with one attached hydrogen (secondary N) is 1. The average Bonchev–Trinajstić information content (AvgIpc) is 3.02. The summed E-state index contributed by atoms with van der Waals surface area (Å²) in [5, 5.41) is 11.2. The van der Waals surface area contributed by atoms with Crippen LogP contribution in [0.25, 0.3) is 0 Å². The van der Waals surface area contributed by atoms with E-state index in [-0.39, 0.29) is 5.91 Å². The fourth-order valence-corrected chi connectivity index (χ4v) is 3.82. The van der Waals surface area contributed by atoms with Gasteiger partial charge in [0.15, 0.2) is 10.4 Å². The molecule has 1 aliphatic carbocycles. The summed E-state index contributed by atoms with van der Waals surface area (Å²) in [6, 6.07) is 6.10. The first kappa shape index (κ1) is 16.3. The van der Waals surface area contributed by atoms with Crippen molar-refractivity contribution < 1.29 is 9.53 Å². The summed E-state index contributed by atoms with van der Waals surface area (Å²) >= 11 is 2.87. The van der Waals surface area contributed by atoms with Gasteiger partial charge in [0.2, 0.25) is 5.13 Å². The highest BCUT2D eigenvalue weighted by Gasteiger charge is 2.20. The molecule has 0 aliphatic heterocycles. The normalized spacial score (nSPS) is 14.9. The molecule has 1 unspecified atom stereocenters. The summed E-state index contributed by atoms with van der Waals surface area (Å²) in [5.74, 6) is 0.620. The number of rotatable bonds is 5. The van der Waals surface area contributed by atoms with Gasteiger partial charge in [-0.2, -0.15) is 0 Å². The molecule has 0 radical (unpaired) electrons. The van der Waals surface area contributed by atoms with Gasteiger partial charge in [0.25, 0.3) is 5.91 Å². The van der Waals surface area contributed by atoms with Crippen LogP contribution in [-0.2, 0) is 17.6 Å². The smallest absolute Gasteiger partial charge is 0.266 e. The lowest BCUT2D eigenvalue weighted by Crippen LogP contribution is -2.30. The number of hydrogen-bond acceptors (Lipinski definition) is 6. The summed E-state index contributed by atoms with van der Waals surface area (Å²) in [6.07, 6.45) is 5.86. The first-order valence-electron chi connectivity index (χ1n) is 7.63. The summed E-state index contributed by atoms with van der Waals surface area (Å²) in [6.45, 7) is 1.76. The Morgan fingerprint density at radius 1 is 1.35 bits per heavy atom. The molecular formula is C16H19N3O2S2. The highest BCUT2D eigenvalue weighted by Crippen LogP contribution is 2.30. The third-order valence-corrected chi connectivity index (χ3v) is 5.65. The van der Waals surface area contributed by atoms with Gasteiger partial charge >= 0.3 is 0 Å². The molecule has 0 bridgehead atoms. The summed E-state index contributed by atoms with van der Waals surface area (Å²) in [7, 11) is 0. The van der Waals surface area contributed by atoms with Crippen molar-refractivity contribution >= 4 is 34.1 Å². The van der Waals surface area contributed by atoms with E-state index in [0.717, 1.165) is 22.9 Å². The molecule has 1 amide bonds.